The van der Waals surface area contributed by atoms with Crippen LogP contribution in [0.4, 0.5) is 5.69 Å². The number of carbonyl (C=O) groups excluding carboxylic acids is 1. The Labute approximate surface area is 117 Å². The summed E-state index contributed by atoms with van der Waals surface area (Å²) in [5, 5.41) is 12.6. The Morgan fingerprint density at radius 2 is 2.28 bits per heavy atom. The maximum Gasteiger partial charge on any atom is 0.234 e. The summed E-state index contributed by atoms with van der Waals surface area (Å²) in [6.07, 6.45) is 0.706. The maximum atomic E-state index is 11.7. The molecule has 1 unspecified atom stereocenters. The van der Waals surface area contributed by atoms with Crippen LogP contribution in [0.3, 0.4) is 0 Å². The van der Waals surface area contributed by atoms with E-state index in [9.17, 15) is 4.79 Å². The minimum atomic E-state index is -0.0322. The third-order valence-electron chi connectivity index (χ3n) is 2.50. The fraction of sp³-hybridized carbons (Fsp3) is 0.462. The Hall–Kier alpha value is -0.710. The second-order valence-electron chi connectivity index (χ2n) is 4.14. The van der Waals surface area contributed by atoms with Gasteiger partial charge in [-0.2, -0.15) is 0 Å². The molecule has 0 bridgehead atoms. The zero-order valence-electron chi connectivity index (χ0n) is 10.6. The molecule has 1 aromatic carbocycles. The van der Waals surface area contributed by atoms with Gasteiger partial charge in [0.15, 0.2) is 0 Å². The van der Waals surface area contributed by atoms with E-state index in [1.54, 1.807) is 12.1 Å². The van der Waals surface area contributed by atoms with E-state index in [4.69, 9.17) is 16.7 Å². The van der Waals surface area contributed by atoms with Crippen molar-refractivity contribution in [1.29, 1.82) is 0 Å². The van der Waals surface area contributed by atoms with Crippen LogP contribution in [-0.4, -0.2) is 28.6 Å². The molecule has 0 heterocycles. The predicted molar refractivity (Wildman–Crippen MR) is 78.4 cm³/mol. The number of hydrogen-bond acceptors (Lipinski definition) is 3. The molecule has 5 heteroatoms. The molecule has 0 saturated heterocycles. The molecule has 1 rings (SSSR count). The van der Waals surface area contributed by atoms with Crippen LogP contribution in [0.1, 0.15) is 18.9 Å². The van der Waals surface area contributed by atoms with Gasteiger partial charge in [0.05, 0.1) is 5.75 Å². The minimum absolute atomic E-state index is 0.0322. The monoisotopic (exact) mass is 287 g/mol. The van der Waals surface area contributed by atoms with Crippen molar-refractivity contribution in [3.05, 3.63) is 28.8 Å². The fourth-order valence-corrected chi connectivity index (χ4v) is 2.44. The van der Waals surface area contributed by atoms with Crippen molar-refractivity contribution < 1.29 is 9.90 Å². The van der Waals surface area contributed by atoms with Gasteiger partial charge in [-0.05, 0) is 37.1 Å². The molecule has 100 valence electrons. The summed E-state index contributed by atoms with van der Waals surface area (Å²) < 4.78 is 0. The number of carbonyl (C=O) groups is 1. The molecule has 0 aromatic heterocycles. The van der Waals surface area contributed by atoms with Gasteiger partial charge in [0.2, 0.25) is 5.91 Å². The van der Waals surface area contributed by atoms with Crippen molar-refractivity contribution >= 4 is 35.0 Å². The highest BCUT2D eigenvalue weighted by atomic mass is 35.5. The summed E-state index contributed by atoms with van der Waals surface area (Å²) in [7, 11) is 0. The molecule has 1 amide bonds. The Balaban J connectivity index is 2.44. The molecule has 0 aliphatic heterocycles. The highest BCUT2D eigenvalue weighted by molar-refractivity contribution is 8.00. The van der Waals surface area contributed by atoms with E-state index in [-0.39, 0.29) is 17.8 Å². The first-order valence-electron chi connectivity index (χ1n) is 5.81. The van der Waals surface area contributed by atoms with Crippen LogP contribution in [0.2, 0.25) is 5.02 Å². The zero-order valence-corrected chi connectivity index (χ0v) is 12.1. The summed E-state index contributed by atoms with van der Waals surface area (Å²) >= 11 is 7.39. The standard InChI is InChI=1S/C13H18ClNO2S/c1-9-7-11(14)3-4-12(9)15-13(17)8-18-10(2)5-6-16/h3-4,7,10,16H,5-6,8H2,1-2H3,(H,15,17). The van der Waals surface area contributed by atoms with E-state index in [1.807, 2.05) is 19.9 Å². The first-order chi connectivity index (χ1) is 8.52. The first kappa shape index (κ1) is 15.3. The summed E-state index contributed by atoms with van der Waals surface area (Å²) in [6, 6.07) is 5.38. The molecule has 0 fully saturated rings. The second-order valence-corrected chi connectivity index (χ2v) is 6.00. The van der Waals surface area contributed by atoms with Gasteiger partial charge in [-0.1, -0.05) is 18.5 Å². The van der Waals surface area contributed by atoms with Crippen LogP contribution < -0.4 is 5.32 Å². The van der Waals surface area contributed by atoms with Crippen molar-refractivity contribution in [2.24, 2.45) is 0 Å². The van der Waals surface area contributed by atoms with Crippen molar-refractivity contribution in [3.8, 4) is 0 Å². The van der Waals surface area contributed by atoms with Crippen molar-refractivity contribution in [1.82, 2.24) is 0 Å². The highest BCUT2D eigenvalue weighted by Gasteiger charge is 2.08. The number of rotatable bonds is 6. The van der Waals surface area contributed by atoms with E-state index >= 15 is 0 Å². The lowest BCUT2D eigenvalue weighted by Gasteiger charge is -2.11. The maximum absolute atomic E-state index is 11.7. The smallest absolute Gasteiger partial charge is 0.234 e. The van der Waals surface area contributed by atoms with E-state index in [0.717, 1.165) is 11.3 Å². The highest BCUT2D eigenvalue weighted by Crippen LogP contribution is 2.20. The molecule has 0 aliphatic rings. The van der Waals surface area contributed by atoms with Gasteiger partial charge >= 0.3 is 0 Å². The van der Waals surface area contributed by atoms with Crippen LogP contribution in [0.5, 0.6) is 0 Å². The second kappa shape index (κ2) is 7.67. The van der Waals surface area contributed by atoms with Crippen molar-refractivity contribution in [3.63, 3.8) is 0 Å². The summed E-state index contributed by atoms with van der Waals surface area (Å²) in [5.74, 6) is 0.360. The normalized spacial score (nSPS) is 12.2. The zero-order chi connectivity index (χ0) is 13.5. The lowest BCUT2D eigenvalue weighted by molar-refractivity contribution is -0.113. The molecule has 1 atom stereocenters. The van der Waals surface area contributed by atoms with Crippen molar-refractivity contribution in [2.45, 2.75) is 25.5 Å². The number of halogens is 1. The third kappa shape index (κ3) is 5.29. The molecule has 0 spiro atoms. The van der Waals surface area contributed by atoms with E-state index in [2.05, 4.69) is 5.32 Å². The Kier molecular flexibility index (Phi) is 6.54. The van der Waals surface area contributed by atoms with Crippen molar-refractivity contribution in [2.75, 3.05) is 17.7 Å². The molecule has 2 N–H and O–H groups in total. The lowest BCUT2D eigenvalue weighted by atomic mass is 10.2. The molecular formula is C13H18ClNO2S. The fourth-order valence-electron chi connectivity index (χ4n) is 1.44. The summed E-state index contributed by atoms with van der Waals surface area (Å²) in [4.78, 5) is 11.7. The van der Waals surface area contributed by atoms with Gasteiger partial charge in [0, 0.05) is 22.6 Å². The molecule has 3 nitrogen and oxygen atoms in total. The van der Waals surface area contributed by atoms with E-state index in [0.29, 0.717) is 17.2 Å². The van der Waals surface area contributed by atoms with Gasteiger partial charge in [0.1, 0.15) is 0 Å². The number of nitrogens with one attached hydrogen (secondary N) is 1. The Bertz CT molecular complexity index is 412. The quantitative estimate of drug-likeness (QED) is 0.845. The van der Waals surface area contributed by atoms with Gasteiger partial charge < -0.3 is 10.4 Å². The van der Waals surface area contributed by atoms with Gasteiger partial charge in [0.25, 0.3) is 0 Å². The van der Waals surface area contributed by atoms with Gasteiger partial charge in [-0.3, -0.25) is 4.79 Å². The molecular weight excluding hydrogens is 270 g/mol. The molecule has 1 aromatic rings. The van der Waals surface area contributed by atoms with Crippen LogP contribution in [0, 0.1) is 6.92 Å². The molecule has 0 saturated carbocycles. The van der Waals surface area contributed by atoms with E-state index in [1.165, 1.54) is 11.8 Å². The minimum Gasteiger partial charge on any atom is -0.396 e. The molecule has 18 heavy (non-hydrogen) atoms. The lowest BCUT2D eigenvalue weighted by Crippen LogP contribution is -2.16. The SMILES string of the molecule is Cc1cc(Cl)ccc1NC(=O)CSC(C)CCO. The predicted octanol–water partition coefficient (Wildman–Crippen LogP) is 3.09. The summed E-state index contributed by atoms with van der Waals surface area (Å²) in [5.41, 5.74) is 1.74. The number of benzene rings is 1. The van der Waals surface area contributed by atoms with Crippen LogP contribution in [0.25, 0.3) is 0 Å². The van der Waals surface area contributed by atoms with Crippen LogP contribution in [-0.2, 0) is 4.79 Å². The van der Waals surface area contributed by atoms with Crippen LogP contribution >= 0.6 is 23.4 Å². The van der Waals surface area contributed by atoms with Crippen LogP contribution in [0.15, 0.2) is 18.2 Å². The topological polar surface area (TPSA) is 49.3 Å². The Morgan fingerprint density at radius 1 is 1.56 bits per heavy atom. The first-order valence-corrected chi connectivity index (χ1v) is 7.24. The molecule has 0 radical (unpaired) electrons. The summed E-state index contributed by atoms with van der Waals surface area (Å²) in [6.45, 7) is 4.07. The Morgan fingerprint density at radius 3 is 2.89 bits per heavy atom. The average molecular weight is 288 g/mol. The van der Waals surface area contributed by atoms with Gasteiger partial charge in [-0.15, -0.1) is 11.8 Å². The van der Waals surface area contributed by atoms with Gasteiger partial charge in [-0.25, -0.2) is 0 Å². The number of amides is 1. The number of aliphatic hydroxyl groups excluding tert-OH is 1. The third-order valence-corrected chi connectivity index (χ3v) is 3.97. The number of aryl methyl sites for hydroxylation is 1. The van der Waals surface area contributed by atoms with E-state index < -0.39 is 0 Å². The number of hydrogen-bond donors (Lipinski definition) is 2. The average Bonchev–Trinajstić information content (AvgIpc) is 2.31. The molecule has 0 aliphatic carbocycles. The number of anilines is 1. The number of thioether (sulfide) groups is 1. The number of aliphatic hydroxyl groups is 1. The largest absolute Gasteiger partial charge is 0.396 e.